The molecule has 1 saturated heterocycles. The molecule has 6 heteroatoms. The summed E-state index contributed by atoms with van der Waals surface area (Å²) in [6, 6.07) is 14.9. The number of nitrogens with zero attached hydrogens (tertiary/aromatic N) is 2. The van der Waals surface area contributed by atoms with Gasteiger partial charge in [0.2, 0.25) is 0 Å². The van der Waals surface area contributed by atoms with Crippen LogP contribution in [0.4, 0.5) is 11.5 Å². The molecule has 2 heterocycles. The standard InChI is InChI=1S/C24H26ClN3O2/c1-16-9-11-28(12-10-16)23-13-17(2)21-14-19(5-8-22(21)27-23)26-24(29)15-30-20-6-3-18(25)4-7-20/h3-8,13-14,16H,9-12,15H2,1-2H3,(H,26,29). The predicted octanol–water partition coefficient (Wildman–Crippen LogP) is 5.45. The predicted molar refractivity (Wildman–Crippen MR) is 123 cm³/mol. The molecule has 0 spiro atoms. The highest BCUT2D eigenvalue weighted by atomic mass is 35.5. The Morgan fingerprint density at radius 2 is 1.90 bits per heavy atom. The summed E-state index contributed by atoms with van der Waals surface area (Å²) in [5, 5.41) is 4.57. The van der Waals surface area contributed by atoms with Crippen LogP contribution in [0.1, 0.15) is 25.3 Å². The lowest BCUT2D eigenvalue weighted by atomic mass is 9.99. The molecule has 1 aliphatic rings. The molecule has 1 amide bonds. The second-order valence-electron chi connectivity index (χ2n) is 7.99. The Bertz CT molecular complexity index is 1040. The van der Waals surface area contributed by atoms with E-state index in [9.17, 15) is 4.79 Å². The number of pyridine rings is 1. The molecular formula is C24H26ClN3O2. The van der Waals surface area contributed by atoms with Gasteiger partial charge in [0.15, 0.2) is 6.61 Å². The molecule has 0 saturated carbocycles. The number of halogens is 1. The summed E-state index contributed by atoms with van der Waals surface area (Å²) in [4.78, 5) is 19.5. The number of aromatic nitrogens is 1. The molecule has 5 nitrogen and oxygen atoms in total. The number of carbonyl (C=O) groups is 1. The smallest absolute Gasteiger partial charge is 0.262 e. The van der Waals surface area contributed by atoms with Gasteiger partial charge in [-0.15, -0.1) is 0 Å². The third-order valence-corrected chi connectivity index (χ3v) is 5.83. The van der Waals surface area contributed by atoms with E-state index in [1.165, 1.54) is 12.8 Å². The van der Waals surface area contributed by atoms with Gasteiger partial charge >= 0.3 is 0 Å². The minimum atomic E-state index is -0.214. The van der Waals surface area contributed by atoms with Crippen LogP contribution >= 0.6 is 11.6 Å². The molecule has 30 heavy (non-hydrogen) atoms. The number of benzene rings is 2. The quantitative estimate of drug-likeness (QED) is 0.592. The Morgan fingerprint density at radius 3 is 2.63 bits per heavy atom. The van der Waals surface area contributed by atoms with E-state index in [1.807, 2.05) is 18.2 Å². The third kappa shape index (κ3) is 4.85. The highest BCUT2D eigenvalue weighted by Gasteiger charge is 2.18. The molecular weight excluding hydrogens is 398 g/mol. The highest BCUT2D eigenvalue weighted by Crippen LogP contribution is 2.28. The molecule has 0 bridgehead atoms. The molecule has 1 fully saturated rings. The van der Waals surface area contributed by atoms with Crippen LogP contribution < -0.4 is 15.0 Å². The van der Waals surface area contributed by atoms with E-state index >= 15 is 0 Å². The maximum atomic E-state index is 12.3. The first-order chi connectivity index (χ1) is 14.5. The normalized spacial score (nSPS) is 14.7. The number of hydrogen-bond acceptors (Lipinski definition) is 4. The highest BCUT2D eigenvalue weighted by molar-refractivity contribution is 6.30. The molecule has 156 valence electrons. The van der Waals surface area contributed by atoms with Gasteiger partial charge in [-0.1, -0.05) is 18.5 Å². The summed E-state index contributed by atoms with van der Waals surface area (Å²) < 4.78 is 5.51. The van der Waals surface area contributed by atoms with Gasteiger partial charge in [0.25, 0.3) is 5.91 Å². The molecule has 4 rings (SSSR count). The average Bonchev–Trinajstić information content (AvgIpc) is 2.74. The van der Waals surface area contributed by atoms with Crippen molar-refractivity contribution in [3.05, 3.63) is 59.1 Å². The van der Waals surface area contributed by atoms with Crippen molar-refractivity contribution < 1.29 is 9.53 Å². The minimum Gasteiger partial charge on any atom is -0.484 e. The van der Waals surface area contributed by atoms with Crippen molar-refractivity contribution in [2.45, 2.75) is 26.7 Å². The second-order valence-corrected chi connectivity index (χ2v) is 8.43. The average molecular weight is 424 g/mol. The molecule has 3 aromatic rings. The molecule has 1 N–H and O–H groups in total. The molecule has 0 unspecified atom stereocenters. The fourth-order valence-corrected chi connectivity index (χ4v) is 3.86. The van der Waals surface area contributed by atoms with Gasteiger partial charge in [-0.2, -0.15) is 0 Å². The summed E-state index contributed by atoms with van der Waals surface area (Å²) >= 11 is 5.86. The van der Waals surface area contributed by atoms with Crippen LogP contribution in [0, 0.1) is 12.8 Å². The number of ether oxygens (including phenoxy) is 1. The summed E-state index contributed by atoms with van der Waals surface area (Å²) in [6.45, 7) is 6.45. The maximum Gasteiger partial charge on any atom is 0.262 e. The lowest BCUT2D eigenvalue weighted by Gasteiger charge is -2.31. The van der Waals surface area contributed by atoms with Crippen molar-refractivity contribution in [1.82, 2.24) is 4.98 Å². The van der Waals surface area contributed by atoms with Crippen molar-refractivity contribution >= 4 is 39.9 Å². The first-order valence-corrected chi connectivity index (χ1v) is 10.7. The molecule has 0 radical (unpaired) electrons. The van der Waals surface area contributed by atoms with E-state index in [4.69, 9.17) is 21.3 Å². The zero-order valence-electron chi connectivity index (χ0n) is 17.3. The number of nitrogens with one attached hydrogen (secondary N) is 1. The van der Waals surface area contributed by atoms with Crippen molar-refractivity contribution in [2.75, 3.05) is 29.9 Å². The van der Waals surface area contributed by atoms with Crippen molar-refractivity contribution in [1.29, 1.82) is 0 Å². The summed E-state index contributed by atoms with van der Waals surface area (Å²) in [5.41, 5.74) is 2.83. The number of fused-ring (bicyclic) bond motifs is 1. The minimum absolute atomic E-state index is 0.0662. The van der Waals surface area contributed by atoms with Crippen molar-refractivity contribution in [3.63, 3.8) is 0 Å². The molecule has 2 aromatic carbocycles. The topological polar surface area (TPSA) is 54.5 Å². The molecule has 1 aromatic heterocycles. The van der Waals surface area contributed by atoms with Crippen LogP contribution in [0.2, 0.25) is 5.02 Å². The Hall–Kier alpha value is -2.79. The molecule has 1 aliphatic heterocycles. The van der Waals surface area contributed by atoms with E-state index < -0.39 is 0 Å². The Morgan fingerprint density at radius 1 is 1.17 bits per heavy atom. The second kappa shape index (κ2) is 8.92. The summed E-state index contributed by atoms with van der Waals surface area (Å²) in [7, 11) is 0. The van der Waals surface area contributed by atoms with Crippen molar-refractivity contribution in [2.24, 2.45) is 5.92 Å². The lowest BCUT2D eigenvalue weighted by Crippen LogP contribution is -2.33. The van der Waals surface area contributed by atoms with Crippen LogP contribution in [0.3, 0.4) is 0 Å². The van der Waals surface area contributed by atoms with Gasteiger partial charge in [-0.25, -0.2) is 4.98 Å². The maximum absolute atomic E-state index is 12.3. The number of hydrogen-bond donors (Lipinski definition) is 1. The molecule has 0 atom stereocenters. The number of piperidine rings is 1. The van der Waals surface area contributed by atoms with Crippen LogP contribution in [0.5, 0.6) is 5.75 Å². The van der Waals surface area contributed by atoms with Crippen molar-refractivity contribution in [3.8, 4) is 5.75 Å². The van der Waals surface area contributed by atoms with Gasteiger partial charge in [0, 0.05) is 29.2 Å². The van der Waals surface area contributed by atoms with E-state index in [-0.39, 0.29) is 12.5 Å². The van der Waals surface area contributed by atoms with Gasteiger partial charge in [-0.05, 0) is 79.8 Å². The van der Waals surface area contributed by atoms with Crippen LogP contribution in [0.25, 0.3) is 10.9 Å². The van der Waals surface area contributed by atoms with Gasteiger partial charge in [-0.3, -0.25) is 4.79 Å². The number of carbonyl (C=O) groups excluding carboxylic acids is 1. The Balaban J connectivity index is 1.43. The largest absolute Gasteiger partial charge is 0.484 e. The monoisotopic (exact) mass is 423 g/mol. The first-order valence-electron chi connectivity index (χ1n) is 10.3. The fourth-order valence-electron chi connectivity index (χ4n) is 3.73. The first kappa shape index (κ1) is 20.5. The number of amides is 1. The lowest BCUT2D eigenvalue weighted by molar-refractivity contribution is -0.118. The number of rotatable bonds is 5. The summed E-state index contributed by atoms with van der Waals surface area (Å²) in [6.07, 6.45) is 2.42. The number of anilines is 2. The van der Waals surface area contributed by atoms with Gasteiger partial charge < -0.3 is 15.0 Å². The Kier molecular flexibility index (Phi) is 6.09. The summed E-state index contributed by atoms with van der Waals surface area (Å²) in [5.74, 6) is 2.22. The zero-order valence-corrected chi connectivity index (χ0v) is 18.1. The zero-order chi connectivity index (χ0) is 21.1. The van der Waals surface area contributed by atoms with Crippen LogP contribution in [-0.4, -0.2) is 30.6 Å². The number of aryl methyl sites for hydroxylation is 1. The van der Waals surface area contributed by atoms with E-state index in [2.05, 4.69) is 30.1 Å². The van der Waals surface area contributed by atoms with Gasteiger partial charge in [0.05, 0.1) is 5.52 Å². The van der Waals surface area contributed by atoms with Gasteiger partial charge in [0.1, 0.15) is 11.6 Å². The van der Waals surface area contributed by atoms with Crippen LogP contribution in [0.15, 0.2) is 48.5 Å². The van der Waals surface area contributed by atoms with E-state index in [1.54, 1.807) is 24.3 Å². The van der Waals surface area contributed by atoms with E-state index in [0.717, 1.165) is 47.0 Å². The SMILES string of the molecule is Cc1cc(N2CCC(C)CC2)nc2ccc(NC(=O)COc3ccc(Cl)cc3)cc12. The fraction of sp³-hybridized carbons (Fsp3) is 0.333. The Labute approximate surface area is 182 Å². The van der Waals surface area contributed by atoms with E-state index in [0.29, 0.717) is 10.8 Å². The third-order valence-electron chi connectivity index (χ3n) is 5.58. The molecule has 0 aliphatic carbocycles. The van der Waals surface area contributed by atoms with Crippen LogP contribution in [-0.2, 0) is 4.79 Å².